The maximum Gasteiger partial charge on any atom is 0.335 e. The molecule has 19 heavy (non-hydrogen) atoms. The van der Waals surface area contributed by atoms with Crippen LogP contribution in [0.1, 0.15) is 10.4 Å². The lowest BCUT2D eigenvalue weighted by Gasteiger charge is -2.08. The third-order valence-corrected chi connectivity index (χ3v) is 1.96. The van der Waals surface area contributed by atoms with Gasteiger partial charge in [0.2, 0.25) is 0 Å². The number of amides is 1. The number of rotatable bonds is 5. The number of hydrogen-bond donors (Lipinski definition) is 2. The summed E-state index contributed by atoms with van der Waals surface area (Å²) in [6, 6.07) is 2.79. The summed E-state index contributed by atoms with van der Waals surface area (Å²) in [7, 11) is 0. The van der Waals surface area contributed by atoms with Gasteiger partial charge in [0, 0.05) is 0 Å². The highest BCUT2D eigenvalue weighted by Gasteiger charge is 2.16. The summed E-state index contributed by atoms with van der Waals surface area (Å²) in [5.74, 6) is -5.54. The van der Waals surface area contributed by atoms with Gasteiger partial charge in [-0.2, -0.15) is 5.26 Å². The van der Waals surface area contributed by atoms with E-state index in [9.17, 15) is 18.4 Å². The number of halogens is 2. The van der Waals surface area contributed by atoms with Crippen molar-refractivity contribution in [2.75, 3.05) is 13.2 Å². The number of nitrogens with zero attached hydrogens (tertiary/aromatic N) is 1. The summed E-state index contributed by atoms with van der Waals surface area (Å²) in [5.41, 5.74) is -0.573. The summed E-state index contributed by atoms with van der Waals surface area (Å²) in [5, 5.41) is 18.9. The van der Waals surface area contributed by atoms with E-state index in [4.69, 9.17) is 10.4 Å². The normalized spacial score (nSPS) is 9.53. The molecule has 0 radical (unpaired) electrons. The van der Waals surface area contributed by atoms with Crippen LogP contribution in [-0.4, -0.2) is 30.1 Å². The number of carboxylic acid groups (broad SMARTS) is 1. The van der Waals surface area contributed by atoms with Crippen molar-refractivity contribution >= 4 is 11.9 Å². The van der Waals surface area contributed by atoms with Gasteiger partial charge in [-0.1, -0.05) is 0 Å². The quantitative estimate of drug-likeness (QED) is 0.766. The van der Waals surface area contributed by atoms with Crippen LogP contribution in [0.3, 0.4) is 0 Å². The van der Waals surface area contributed by atoms with Crippen molar-refractivity contribution in [1.82, 2.24) is 5.32 Å². The van der Waals surface area contributed by atoms with Gasteiger partial charge in [-0.15, -0.1) is 0 Å². The Kier molecular flexibility index (Phi) is 4.76. The molecule has 0 fully saturated rings. The average Bonchev–Trinajstić information content (AvgIpc) is 2.34. The van der Waals surface area contributed by atoms with E-state index in [1.54, 1.807) is 6.07 Å². The molecule has 6 nitrogen and oxygen atoms in total. The standard InChI is InChI=1S/C11H8F2N2O4/c12-7-3-6(11(17)18)4-8(13)10(7)19-5-9(16)15-2-1-14/h3-4H,2,5H2,(H,15,16)(H,17,18). The van der Waals surface area contributed by atoms with E-state index in [0.717, 1.165) is 0 Å². The van der Waals surface area contributed by atoms with Gasteiger partial charge in [-0.25, -0.2) is 13.6 Å². The second-order valence-electron chi connectivity index (χ2n) is 3.30. The lowest BCUT2D eigenvalue weighted by atomic mass is 10.2. The lowest BCUT2D eigenvalue weighted by molar-refractivity contribution is -0.122. The number of carboxylic acids is 1. The van der Waals surface area contributed by atoms with Crippen molar-refractivity contribution in [3.8, 4) is 11.8 Å². The van der Waals surface area contributed by atoms with Crippen molar-refractivity contribution in [1.29, 1.82) is 5.26 Å². The Hall–Kier alpha value is -2.69. The zero-order chi connectivity index (χ0) is 14.4. The van der Waals surface area contributed by atoms with E-state index in [2.05, 4.69) is 10.1 Å². The molecule has 1 aromatic rings. The second kappa shape index (κ2) is 6.30. The largest absolute Gasteiger partial charge is 0.478 e. The number of aromatic carboxylic acids is 1. The third kappa shape index (κ3) is 3.92. The molecule has 0 spiro atoms. The van der Waals surface area contributed by atoms with Crippen LogP contribution in [0, 0.1) is 23.0 Å². The smallest absolute Gasteiger partial charge is 0.335 e. The first-order chi connectivity index (χ1) is 8.95. The van der Waals surface area contributed by atoms with Gasteiger partial charge in [0.05, 0.1) is 11.6 Å². The SMILES string of the molecule is N#CCNC(=O)COc1c(F)cc(C(=O)O)cc1F. The summed E-state index contributed by atoms with van der Waals surface area (Å²) in [6.45, 7) is -0.951. The molecule has 0 aromatic heterocycles. The fraction of sp³-hybridized carbons (Fsp3) is 0.182. The molecule has 1 rings (SSSR count). The molecular formula is C11H8F2N2O4. The van der Waals surface area contributed by atoms with E-state index < -0.39 is 41.4 Å². The van der Waals surface area contributed by atoms with Crippen LogP contribution in [0.4, 0.5) is 8.78 Å². The van der Waals surface area contributed by atoms with Gasteiger partial charge in [0.1, 0.15) is 6.54 Å². The Bertz CT molecular complexity index is 531. The van der Waals surface area contributed by atoms with Crippen LogP contribution in [0.2, 0.25) is 0 Å². The minimum Gasteiger partial charge on any atom is -0.478 e. The number of ether oxygens (including phenoxy) is 1. The lowest BCUT2D eigenvalue weighted by Crippen LogP contribution is -2.29. The van der Waals surface area contributed by atoms with Crippen molar-refractivity contribution in [3.63, 3.8) is 0 Å². The number of benzene rings is 1. The monoisotopic (exact) mass is 270 g/mol. The molecule has 0 heterocycles. The van der Waals surface area contributed by atoms with E-state index in [1.807, 2.05) is 0 Å². The Morgan fingerprint density at radius 3 is 2.42 bits per heavy atom. The minimum atomic E-state index is -1.49. The summed E-state index contributed by atoms with van der Waals surface area (Å²) in [6.07, 6.45) is 0. The molecule has 1 aromatic carbocycles. The van der Waals surface area contributed by atoms with Crippen molar-refractivity contribution < 1.29 is 28.2 Å². The molecule has 0 saturated heterocycles. The summed E-state index contributed by atoms with van der Waals surface area (Å²) >= 11 is 0. The fourth-order valence-electron chi connectivity index (χ4n) is 1.15. The molecule has 0 atom stereocenters. The fourth-order valence-corrected chi connectivity index (χ4v) is 1.15. The van der Waals surface area contributed by atoms with Crippen LogP contribution in [-0.2, 0) is 4.79 Å². The van der Waals surface area contributed by atoms with E-state index in [1.165, 1.54) is 0 Å². The highest BCUT2D eigenvalue weighted by molar-refractivity contribution is 5.87. The van der Waals surface area contributed by atoms with E-state index >= 15 is 0 Å². The maximum absolute atomic E-state index is 13.4. The zero-order valence-electron chi connectivity index (χ0n) is 9.44. The number of nitriles is 1. The van der Waals surface area contributed by atoms with Crippen LogP contribution in [0.5, 0.6) is 5.75 Å². The van der Waals surface area contributed by atoms with Gasteiger partial charge in [-0.3, -0.25) is 4.79 Å². The highest BCUT2D eigenvalue weighted by atomic mass is 19.1. The average molecular weight is 270 g/mol. The van der Waals surface area contributed by atoms with E-state index in [0.29, 0.717) is 12.1 Å². The highest BCUT2D eigenvalue weighted by Crippen LogP contribution is 2.23. The Labute approximate surface area is 106 Å². The first kappa shape index (κ1) is 14.4. The molecule has 0 saturated carbocycles. The molecule has 0 aliphatic rings. The third-order valence-electron chi connectivity index (χ3n) is 1.96. The van der Waals surface area contributed by atoms with Crippen LogP contribution in [0.15, 0.2) is 12.1 Å². The first-order valence-corrected chi connectivity index (χ1v) is 4.94. The molecule has 2 N–H and O–H groups in total. The van der Waals surface area contributed by atoms with Crippen molar-refractivity contribution in [2.45, 2.75) is 0 Å². The second-order valence-corrected chi connectivity index (χ2v) is 3.30. The predicted octanol–water partition coefficient (Wildman–Crippen LogP) is 0.682. The van der Waals surface area contributed by atoms with Gasteiger partial charge in [0.15, 0.2) is 24.0 Å². The topological polar surface area (TPSA) is 99.4 Å². The number of carbonyl (C=O) groups excluding carboxylic acids is 1. The van der Waals surface area contributed by atoms with Gasteiger partial charge >= 0.3 is 5.97 Å². The maximum atomic E-state index is 13.4. The predicted molar refractivity (Wildman–Crippen MR) is 57.4 cm³/mol. The van der Waals surface area contributed by atoms with Gasteiger partial charge < -0.3 is 15.2 Å². The molecule has 1 amide bonds. The molecule has 0 aliphatic carbocycles. The van der Waals surface area contributed by atoms with Crippen molar-refractivity contribution in [2.24, 2.45) is 0 Å². The Balaban J connectivity index is 2.77. The minimum absolute atomic E-state index is 0.259. The molecule has 0 bridgehead atoms. The number of hydrogen-bond acceptors (Lipinski definition) is 4. The number of nitrogens with one attached hydrogen (secondary N) is 1. The molecule has 8 heteroatoms. The Morgan fingerprint density at radius 2 is 1.95 bits per heavy atom. The van der Waals surface area contributed by atoms with Gasteiger partial charge in [0.25, 0.3) is 5.91 Å². The van der Waals surface area contributed by atoms with Crippen LogP contribution in [0.25, 0.3) is 0 Å². The van der Waals surface area contributed by atoms with Crippen LogP contribution < -0.4 is 10.1 Å². The van der Waals surface area contributed by atoms with Gasteiger partial charge in [-0.05, 0) is 12.1 Å². The summed E-state index contributed by atoms with van der Waals surface area (Å²) in [4.78, 5) is 21.6. The summed E-state index contributed by atoms with van der Waals surface area (Å²) < 4.78 is 31.3. The van der Waals surface area contributed by atoms with Crippen LogP contribution >= 0.6 is 0 Å². The molecule has 0 unspecified atom stereocenters. The first-order valence-electron chi connectivity index (χ1n) is 4.94. The molecule has 0 aliphatic heterocycles. The zero-order valence-corrected chi connectivity index (χ0v) is 9.44. The molecule has 100 valence electrons. The van der Waals surface area contributed by atoms with Crippen molar-refractivity contribution in [3.05, 3.63) is 29.3 Å². The Morgan fingerprint density at radius 1 is 1.37 bits per heavy atom. The van der Waals surface area contributed by atoms with E-state index in [-0.39, 0.29) is 6.54 Å². The number of carbonyl (C=O) groups is 2. The molecular weight excluding hydrogens is 262 g/mol.